The number of ether oxygens (including phenoxy) is 3. The minimum Gasteiger partial charge on any atom is -0.462 e. The normalized spacial score (nSPS) is 34.2. The first-order valence-corrected chi connectivity index (χ1v) is 20.0. The van der Waals surface area contributed by atoms with E-state index in [0.29, 0.717) is 23.7 Å². The van der Waals surface area contributed by atoms with Crippen molar-refractivity contribution in [3.8, 4) is 0 Å². The summed E-state index contributed by atoms with van der Waals surface area (Å²) >= 11 is 0. The average Bonchev–Trinajstić information content (AvgIpc) is 3.03. The van der Waals surface area contributed by atoms with Gasteiger partial charge in [-0.3, -0.25) is 14.4 Å². The van der Waals surface area contributed by atoms with Crippen LogP contribution in [0.25, 0.3) is 0 Å². The molecule has 0 aromatic heterocycles. The summed E-state index contributed by atoms with van der Waals surface area (Å²) in [6.07, 6.45) is 17.5. The molecular formula is C45H70O7. The number of rotatable bonds is 13. The van der Waals surface area contributed by atoms with E-state index in [1.807, 2.05) is 12.2 Å². The molecule has 0 aromatic rings. The van der Waals surface area contributed by atoms with E-state index in [1.165, 1.54) is 29.2 Å². The number of allylic oxidation sites excluding steroid dienone is 6. The van der Waals surface area contributed by atoms with Crippen LogP contribution in [0.1, 0.15) is 147 Å². The molecule has 0 aliphatic heterocycles. The van der Waals surface area contributed by atoms with Gasteiger partial charge >= 0.3 is 17.9 Å². The molecule has 0 saturated heterocycles. The fourth-order valence-corrected chi connectivity index (χ4v) is 11.5. The van der Waals surface area contributed by atoms with Crippen molar-refractivity contribution in [3.63, 3.8) is 0 Å². The van der Waals surface area contributed by atoms with Gasteiger partial charge in [0.05, 0.1) is 6.61 Å². The first-order valence-electron chi connectivity index (χ1n) is 20.0. The zero-order chi connectivity index (χ0) is 38.6. The molecule has 7 heteroatoms. The highest BCUT2D eigenvalue weighted by molar-refractivity contribution is 5.91. The van der Waals surface area contributed by atoms with E-state index in [4.69, 9.17) is 14.2 Å². The van der Waals surface area contributed by atoms with E-state index in [9.17, 15) is 19.5 Å². The van der Waals surface area contributed by atoms with Gasteiger partial charge in [0.25, 0.3) is 0 Å². The molecule has 0 radical (unpaired) electrons. The lowest BCUT2D eigenvalue weighted by molar-refractivity contribution is -0.177. The Hall–Kier alpha value is -2.67. The van der Waals surface area contributed by atoms with Crippen LogP contribution in [0.15, 0.2) is 46.6 Å². The van der Waals surface area contributed by atoms with Gasteiger partial charge in [-0.25, -0.2) is 0 Å². The maximum Gasteiger partial charge on any atom is 0.317 e. The summed E-state index contributed by atoms with van der Waals surface area (Å²) in [4.78, 5) is 37.7. The molecule has 292 valence electrons. The molecule has 1 N–H and O–H groups in total. The van der Waals surface area contributed by atoms with E-state index in [0.717, 1.165) is 64.2 Å². The first kappa shape index (κ1) is 42.1. The quantitative estimate of drug-likeness (QED) is 0.0874. The van der Waals surface area contributed by atoms with Gasteiger partial charge in [-0.1, -0.05) is 82.1 Å². The summed E-state index contributed by atoms with van der Waals surface area (Å²) in [6, 6.07) is 0. The van der Waals surface area contributed by atoms with Crippen LogP contribution in [0.3, 0.4) is 0 Å². The Morgan fingerprint density at radius 1 is 0.731 bits per heavy atom. The molecule has 0 spiro atoms. The minimum absolute atomic E-state index is 0.0542. The highest BCUT2D eigenvalue weighted by Crippen LogP contribution is 2.62. The monoisotopic (exact) mass is 723 g/mol. The third-order valence-corrected chi connectivity index (χ3v) is 14.6. The third-order valence-electron chi connectivity index (χ3n) is 14.6. The molecular weight excluding hydrogens is 652 g/mol. The van der Waals surface area contributed by atoms with Crippen molar-refractivity contribution in [2.75, 3.05) is 13.2 Å². The van der Waals surface area contributed by atoms with Gasteiger partial charge in [-0.15, -0.1) is 0 Å². The predicted molar refractivity (Wildman–Crippen MR) is 207 cm³/mol. The summed E-state index contributed by atoms with van der Waals surface area (Å²) in [6.45, 7) is 24.3. The molecule has 0 aromatic carbocycles. The molecule has 4 aliphatic rings. The molecule has 0 bridgehead atoms. The second-order valence-corrected chi connectivity index (χ2v) is 18.6. The fourth-order valence-electron chi connectivity index (χ4n) is 11.5. The van der Waals surface area contributed by atoms with Gasteiger partial charge in [-0.05, 0) is 132 Å². The average molecular weight is 723 g/mol. The SMILES string of the molecule is CC(=O)OC1CCC2(C)C(CCC(C)=CCOC(=O)CC(=O)OC3CCC4(C)C(CCC(C)=CCO)C(C)=CCC4C3(C)C)C(C)=CCC2C1(C)C. The molecule has 0 heterocycles. The summed E-state index contributed by atoms with van der Waals surface area (Å²) in [5.41, 5.74) is 5.17. The Morgan fingerprint density at radius 2 is 1.19 bits per heavy atom. The number of hydrogen-bond donors (Lipinski definition) is 1. The number of aliphatic hydroxyl groups excluding tert-OH is 1. The number of aliphatic hydroxyl groups is 1. The summed E-state index contributed by atoms with van der Waals surface area (Å²) in [5, 5.41) is 9.32. The van der Waals surface area contributed by atoms with Gasteiger partial charge in [-0.2, -0.15) is 0 Å². The molecule has 0 amide bonds. The van der Waals surface area contributed by atoms with Crippen molar-refractivity contribution in [2.24, 2.45) is 45.3 Å². The zero-order valence-corrected chi connectivity index (χ0v) is 34.4. The Balaban J connectivity index is 1.27. The summed E-state index contributed by atoms with van der Waals surface area (Å²) in [7, 11) is 0. The summed E-state index contributed by atoms with van der Waals surface area (Å²) < 4.78 is 17.4. The van der Waals surface area contributed by atoms with Crippen molar-refractivity contribution >= 4 is 17.9 Å². The number of carbonyl (C=O) groups excluding carboxylic acids is 3. The predicted octanol–water partition coefficient (Wildman–Crippen LogP) is 10.0. The number of carbonyl (C=O) groups is 3. The van der Waals surface area contributed by atoms with Gasteiger partial charge < -0.3 is 19.3 Å². The largest absolute Gasteiger partial charge is 0.462 e. The molecule has 8 atom stereocenters. The lowest BCUT2D eigenvalue weighted by Gasteiger charge is -2.59. The van der Waals surface area contributed by atoms with Crippen LogP contribution in [-0.2, 0) is 28.6 Å². The van der Waals surface area contributed by atoms with Gasteiger partial charge in [0.1, 0.15) is 25.2 Å². The Morgan fingerprint density at radius 3 is 1.65 bits per heavy atom. The standard InChI is InChI=1S/C45H70O7/c1-29(22-26-46)12-16-34-31(3)15-19-37-43(8,9)39(21-25-45(34,37)11)52-41(49)28-40(48)50-27-23-30(2)13-17-35-32(4)14-18-36-42(6,7)38(51-33(5)47)20-24-44(35,36)10/h14-15,22-23,34-39,46H,12-13,16-21,24-28H2,1-11H3. The van der Waals surface area contributed by atoms with Crippen molar-refractivity contribution < 1.29 is 33.7 Å². The maximum absolute atomic E-state index is 13.1. The molecule has 4 rings (SSSR count). The Kier molecular flexibility index (Phi) is 13.6. The minimum atomic E-state index is -0.553. The van der Waals surface area contributed by atoms with Crippen LogP contribution in [0.5, 0.6) is 0 Å². The molecule has 2 fully saturated rings. The van der Waals surface area contributed by atoms with Crippen LogP contribution >= 0.6 is 0 Å². The fraction of sp³-hybridized carbons (Fsp3) is 0.756. The number of esters is 3. The highest BCUT2D eigenvalue weighted by Gasteiger charge is 2.57. The van der Waals surface area contributed by atoms with Crippen molar-refractivity contribution in [2.45, 2.75) is 159 Å². The molecule has 4 aliphatic carbocycles. The molecule has 52 heavy (non-hydrogen) atoms. The summed E-state index contributed by atoms with van der Waals surface area (Å²) in [5.74, 6) is 0.398. The van der Waals surface area contributed by atoms with Crippen LogP contribution < -0.4 is 0 Å². The lowest BCUT2D eigenvalue weighted by atomic mass is 9.47. The van der Waals surface area contributed by atoms with E-state index in [-0.39, 0.29) is 59.5 Å². The van der Waals surface area contributed by atoms with Crippen LogP contribution in [0.4, 0.5) is 0 Å². The van der Waals surface area contributed by atoms with Crippen molar-refractivity contribution in [1.82, 2.24) is 0 Å². The molecule has 2 saturated carbocycles. The zero-order valence-electron chi connectivity index (χ0n) is 34.4. The number of hydrogen-bond acceptors (Lipinski definition) is 7. The maximum atomic E-state index is 13.1. The Labute approximate surface area is 315 Å². The van der Waals surface area contributed by atoms with Gasteiger partial charge in [0, 0.05) is 17.8 Å². The Bertz CT molecular complexity index is 1440. The van der Waals surface area contributed by atoms with E-state index in [1.54, 1.807) is 0 Å². The van der Waals surface area contributed by atoms with Crippen molar-refractivity contribution in [3.05, 3.63) is 46.6 Å². The second kappa shape index (κ2) is 16.8. The van der Waals surface area contributed by atoms with E-state index in [2.05, 4.69) is 81.4 Å². The van der Waals surface area contributed by atoms with Gasteiger partial charge in [0.2, 0.25) is 0 Å². The van der Waals surface area contributed by atoms with Crippen molar-refractivity contribution in [1.29, 1.82) is 0 Å². The smallest absolute Gasteiger partial charge is 0.317 e. The van der Waals surface area contributed by atoms with Gasteiger partial charge in [0.15, 0.2) is 0 Å². The van der Waals surface area contributed by atoms with Crippen LogP contribution in [0, 0.1) is 45.3 Å². The molecule has 7 nitrogen and oxygen atoms in total. The van der Waals surface area contributed by atoms with Crippen LogP contribution in [0.2, 0.25) is 0 Å². The third kappa shape index (κ3) is 8.99. The lowest BCUT2D eigenvalue weighted by Crippen LogP contribution is -2.55. The van der Waals surface area contributed by atoms with Crippen LogP contribution in [-0.4, -0.2) is 48.4 Å². The van der Waals surface area contributed by atoms with E-state index < -0.39 is 11.9 Å². The highest BCUT2D eigenvalue weighted by atomic mass is 16.6. The first-order chi connectivity index (χ1) is 24.3. The second-order valence-electron chi connectivity index (χ2n) is 18.6. The number of fused-ring (bicyclic) bond motifs is 2. The molecule has 8 unspecified atom stereocenters. The topological polar surface area (TPSA) is 99.1 Å². The van der Waals surface area contributed by atoms with E-state index >= 15 is 0 Å².